The average Bonchev–Trinajstić information content (AvgIpc) is 2.63. The quantitative estimate of drug-likeness (QED) is 0.672. The third-order valence-electron chi connectivity index (χ3n) is 5.00. The van der Waals surface area contributed by atoms with Crippen LogP contribution in [0.5, 0.6) is 0 Å². The maximum absolute atomic E-state index is 13.3. The van der Waals surface area contributed by atoms with Gasteiger partial charge in [-0.1, -0.05) is 11.6 Å². The molecule has 1 fully saturated rings. The maximum atomic E-state index is 13.3. The summed E-state index contributed by atoms with van der Waals surface area (Å²) < 4.78 is 10.6. The molecule has 2 amide bonds. The van der Waals surface area contributed by atoms with Crippen molar-refractivity contribution in [1.82, 2.24) is 14.8 Å². The predicted molar refractivity (Wildman–Crippen MR) is 112 cm³/mol. The smallest absolute Gasteiger partial charge is 0.410 e. The molecule has 1 aromatic heterocycles. The van der Waals surface area contributed by atoms with E-state index < -0.39 is 5.60 Å². The Labute approximate surface area is 178 Å². The second kappa shape index (κ2) is 9.76. The summed E-state index contributed by atoms with van der Waals surface area (Å²) >= 11 is 6.10. The van der Waals surface area contributed by atoms with E-state index in [1.165, 1.54) is 0 Å². The number of likely N-dealkylation sites (tertiary alicyclic amines) is 1. The summed E-state index contributed by atoms with van der Waals surface area (Å²) in [7, 11) is 3.42. The number of amides is 2. The van der Waals surface area contributed by atoms with Gasteiger partial charge in [0.2, 0.25) is 0 Å². The van der Waals surface area contributed by atoms with E-state index in [-0.39, 0.29) is 18.0 Å². The molecule has 0 bridgehead atoms. The van der Waals surface area contributed by atoms with Crippen LogP contribution in [-0.2, 0) is 15.9 Å². The van der Waals surface area contributed by atoms with Gasteiger partial charge in [-0.25, -0.2) is 9.78 Å². The van der Waals surface area contributed by atoms with Gasteiger partial charge in [0.15, 0.2) is 0 Å². The maximum Gasteiger partial charge on any atom is 0.410 e. The fourth-order valence-electron chi connectivity index (χ4n) is 3.47. The molecule has 29 heavy (non-hydrogen) atoms. The summed E-state index contributed by atoms with van der Waals surface area (Å²) in [4.78, 5) is 33.3. The summed E-state index contributed by atoms with van der Waals surface area (Å²) in [6.45, 7) is 9.02. The SMILES string of the molecule is COCCc1nc(Cl)cc(C)c1C(=O)N(C)C1CCN(C(=O)OC(C)(C)C)CC1. The van der Waals surface area contributed by atoms with Gasteiger partial charge in [0, 0.05) is 39.7 Å². The van der Waals surface area contributed by atoms with E-state index in [9.17, 15) is 9.59 Å². The van der Waals surface area contributed by atoms with Gasteiger partial charge in [-0.15, -0.1) is 0 Å². The van der Waals surface area contributed by atoms with Gasteiger partial charge < -0.3 is 19.3 Å². The van der Waals surface area contributed by atoms with E-state index in [2.05, 4.69) is 4.98 Å². The van der Waals surface area contributed by atoms with Crippen LogP contribution < -0.4 is 0 Å². The summed E-state index contributed by atoms with van der Waals surface area (Å²) in [5, 5.41) is 0.374. The summed E-state index contributed by atoms with van der Waals surface area (Å²) in [6, 6.07) is 1.76. The van der Waals surface area contributed by atoms with Gasteiger partial charge in [-0.2, -0.15) is 0 Å². The minimum Gasteiger partial charge on any atom is -0.444 e. The monoisotopic (exact) mass is 425 g/mol. The Balaban J connectivity index is 2.07. The van der Waals surface area contributed by atoms with Crippen LogP contribution in [0.15, 0.2) is 6.07 Å². The Kier molecular flexibility index (Phi) is 7.88. The zero-order valence-electron chi connectivity index (χ0n) is 18.2. The largest absolute Gasteiger partial charge is 0.444 e. The van der Waals surface area contributed by atoms with Gasteiger partial charge in [-0.05, 0) is 52.2 Å². The number of aryl methyl sites for hydroxylation is 1. The first kappa shape index (κ1) is 23.4. The molecule has 0 N–H and O–H groups in total. The number of carbonyl (C=O) groups excluding carboxylic acids is 2. The van der Waals surface area contributed by atoms with Gasteiger partial charge in [-0.3, -0.25) is 4.79 Å². The van der Waals surface area contributed by atoms with Crippen molar-refractivity contribution in [3.63, 3.8) is 0 Å². The van der Waals surface area contributed by atoms with Crippen molar-refractivity contribution in [2.24, 2.45) is 0 Å². The van der Waals surface area contributed by atoms with Crippen molar-refractivity contribution in [3.8, 4) is 0 Å². The lowest BCUT2D eigenvalue weighted by molar-refractivity contribution is 0.0160. The van der Waals surface area contributed by atoms with Crippen molar-refractivity contribution in [2.75, 3.05) is 33.9 Å². The molecule has 0 radical (unpaired) electrons. The highest BCUT2D eigenvalue weighted by Crippen LogP contribution is 2.24. The van der Waals surface area contributed by atoms with Gasteiger partial charge in [0.1, 0.15) is 10.8 Å². The van der Waals surface area contributed by atoms with Gasteiger partial charge in [0.25, 0.3) is 5.91 Å². The minimum atomic E-state index is -0.515. The van der Waals surface area contributed by atoms with E-state index in [0.717, 1.165) is 5.56 Å². The number of rotatable bonds is 5. The van der Waals surface area contributed by atoms with Gasteiger partial charge >= 0.3 is 6.09 Å². The molecule has 1 aliphatic rings. The Morgan fingerprint density at radius 2 is 1.93 bits per heavy atom. The fourth-order valence-corrected chi connectivity index (χ4v) is 3.74. The molecule has 0 saturated carbocycles. The van der Waals surface area contributed by atoms with Crippen molar-refractivity contribution >= 4 is 23.6 Å². The van der Waals surface area contributed by atoms with Crippen LogP contribution in [0.1, 0.15) is 55.2 Å². The van der Waals surface area contributed by atoms with Crippen LogP contribution in [0.2, 0.25) is 5.15 Å². The lowest BCUT2D eigenvalue weighted by Crippen LogP contribution is -2.48. The number of aromatic nitrogens is 1. The number of carbonyl (C=O) groups is 2. The first-order chi connectivity index (χ1) is 13.5. The molecular weight excluding hydrogens is 394 g/mol. The molecule has 2 heterocycles. The first-order valence-corrected chi connectivity index (χ1v) is 10.3. The zero-order chi connectivity index (χ0) is 21.8. The van der Waals surface area contributed by atoms with E-state index in [4.69, 9.17) is 21.1 Å². The molecule has 0 atom stereocenters. The lowest BCUT2D eigenvalue weighted by atomic mass is 10.00. The second-order valence-electron chi connectivity index (χ2n) is 8.44. The van der Waals surface area contributed by atoms with Crippen molar-refractivity contribution in [3.05, 3.63) is 28.0 Å². The molecule has 1 aromatic rings. The standard InChI is InChI=1S/C21H32ClN3O4/c1-14-13-17(22)23-16(9-12-28-6)18(14)19(26)24(5)15-7-10-25(11-8-15)20(27)29-21(2,3)4/h13,15H,7-12H2,1-6H3. The highest BCUT2D eigenvalue weighted by atomic mass is 35.5. The number of ether oxygens (including phenoxy) is 2. The van der Waals surface area contributed by atoms with E-state index in [1.54, 1.807) is 23.0 Å². The summed E-state index contributed by atoms with van der Waals surface area (Å²) in [5.74, 6) is -0.0755. The highest BCUT2D eigenvalue weighted by Gasteiger charge is 2.31. The van der Waals surface area contributed by atoms with Crippen LogP contribution in [-0.4, -0.2) is 72.3 Å². The summed E-state index contributed by atoms with van der Waals surface area (Å²) in [5.41, 5.74) is 1.53. The predicted octanol–water partition coefficient (Wildman–Crippen LogP) is 3.70. The molecular formula is C21H32ClN3O4. The number of hydrogen-bond acceptors (Lipinski definition) is 5. The Morgan fingerprint density at radius 1 is 1.31 bits per heavy atom. The van der Waals surface area contributed by atoms with Crippen molar-refractivity contribution in [2.45, 2.75) is 58.6 Å². The summed E-state index contributed by atoms with van der Waals surface area (Å²) in [6.07, 6.45) is 1.62. The van der Waals surface area contributed by atoms with E-state index in [1.807, 2.05) is 34.7 Å². The van der Waals surface area contributed by atoms with Crippen molar-refractivity contribution < 1.29 is 19.1 Å². The number of pyridine rings is 1. The first-order valence-electron chi connectivity index (χ1n) is 9.93. The highest BCUT2D eigenvalue weighted by molar-refractivity contribution is 6.29. The van der Waals surface area contributed by atoms with Crippen molar-refractivity contribution in [1.29, 1.82) is 0 Å². The Bertz CT molecular complexity index is 740. The molecule has 7 nitrogen and oxygen atoms in total. The molecule has 0 aliphatic carbocycles. The molecule has 1 saturated heterocycles. The van der Waals surface area contributed by atoms with Crippen LogP contribution in [0, 0.1) is 6.92 Å². The van der Waals surface area contributed by atoms with Crippen LogP contribution in [0.4, 0.5) is 4.79 Å². The molecule has 1 aliphatic heterocycles. The molecule has 2 rings (SSSR count). The average molecular weight is 426 g/mol. The molecule has 162 valence electrons. The third kappa shape index (κ3) is 6.31. The van der Waals surface area contributed by atoms with E-state index >= 15 is 0 Å². The molecule has 0 unspecified atom stereocenters. The Morgan fingerprint density at radius 3 is 2.48 bits per heavy atom. The van der Waals surface area contributed by atoms with Crippen LogP contribution >= 0.6 is 11.6 Å². The molecule has 0 spiro atoms. The topological polar surface area (TPSA) is 72.0 Å². The normalized spacial score (nSPS) is 15.3. The number of nitrogens with zero attached hydrogens (tertiary/aromatic N) is 3. The number of hydrogen-bond donors (Lipinski definition) is 0. The van der Waals surface area contributed by atoms with Gasteiger partial charge in [0.05, 0.1) is 17.9 Å². The van der Waals surface area contributed by atoms with E-state index in [0.29, 0.717) is 55.4 Å². The number of halogens is 1. The number of piperidine rings is 1. The molecule has 8 heteroatoms. The lowest BCUT2D eigenvalue weighted by Gasteiger charge is -2.37. The zero-order valence-corrected chi connectivity index (χ0v) is 19.0. The Hall–Kier alpha value is -1.86. The number of methoxy groups -OCH3 is 1. The molecule has 0 aromatic carbocycles. The van der Waals surface area contributed by atoms with Crippen LogP contribution in [0.25, 0.3) is 0 Å². The minimum absolute atomic E-state index is 0.0477. The fraction of sp³-hybridized carbons (Fsp3) is 0.667. The van der Waals surface area contributed by atoms with Crippen LogP contribution in [0.3, 0.4) is 0 Å². The second-order valence-corrected chi connectivity index (χ2v) is 8.83. The third-order valence-corrected chi connectivity index (χ3v) is 5.20.